The van der Waals surface area contributed by atoms with Gasteiger partial charge in [-0.3, -0.25) is 4.79 Å². The second kappa shape index (κ2) is 8.00. The second-order valence-corrected chi connectivity index (χ2v) is 7.89. The average molecular weight is 415 g/mol. The van der Waals surface area contributed by atoms with Crippen molar-refractivity contribution in [2.75, 3.05) is 12.4 Å². The van der Waals surface area contributed by atoms with Crippen molar-refractivity contribution in [1.82, 2.24) is 0 Å². The molecule has 8 heteroatoms. The summed E-state index contributed by atoms with van der Waals surface area (Å²) in [6, 6.07) is 7.48. The molecule has 0 aromatic heterocycles. The van der Waals surface area contributed by atoms with Gasteiger partial charge in [-0.05, 0) is 28.5 Å². The molecular formula is C21H22F5NO2. The molecule has 0 spiro atoms. The monoisotopic (exact) mass is 415 g/mol. The smallest absolute Gasteiger partial charge is 0.311 e. The Bertz CT molecular complexity index is 895. The van der Waals surface area contributed by atoms with Gasteiger partial charge in [-0.15, -0.1) is 0 Å². The van der Waals surface area contributed by atoms with Crippen molar-refractivity contribution in [2.24, 2.45) is 5.41 Å². The zero-order chi connectivity index (χ0) is 22.1. The molecule has 0 heterocycles. The molecule has 0 unspecified atom stereocenters. The number of carbonyl (C=O) groups is 1. The van der Waals surface area contributed by atoms with Crippen molar-refractivity contribution in [1.29, 1.82) is 0 Å². The summed E-state index contributed by atoms with van der Waals surface area (Å²) in [7, 11) is 1.78. The van der Waals surface area contributed by atoms with Gasteiger partial charge in [0.15, 0.2) is 0 Å². The SMILES string of the molecule is CNc1ccc(C(C)(C)C(C)(C)CC(=O)Oc2c(F)c(F)c(F)c(F)c2F)cc1. The molecule has 2 aromatic rings. The minimum absolute atomic E-state index is 0.326. The van der Waals surface area contributed by atoms with Crippen molar-refractivity contribution < 1.29 is 31.5 Å². The Morgan fingerprint density at radius 3 is 1.76 bits per heavy atom. The third kappa shape index (κ3) is 4.21. The van der Waals surface area contributed by atoms with E-state index in [0.29, 0.717) is 0 Å². The van der Waals surface area contributed by atoms with E-state index in [0.717, 1.165) is 11.3 Å². The van der Waals surface area contributed by atoms with Crippen LogP contribution in [0.2, 0.25) is 0 Å². The largest absolute Gasteiger partial charge is 0.420 e. The van der Waals surface area contributed by atoms with Crippen LogP contribution in [-0.4, -0.2) is 13.0 Å². The fourth-order valence-electron chi connectivity index (χ4n) is 2.85. The van der Waals surface area contributed by atoms with E-state index in [-0.39, 0.29) is 6.42 Å². The van der Waals surface area contributed by atoms with Crippen LogP contribution in [0.25, 0.3) is 0 Å². The van der Waals surface area contributed by atoms with Crippen LogP contribution in [0.5, 0.6) is 5.75 Å². The Morgan fingerprint density at radius 1 is 0.862 bits per heavy atom. The number of nitrogens with one attached hydrogen (secondary N) is 1. The van der Waals surface area contributed by atoms with Crippen LogP contribution in [0.3, 0.4) is 0 Å². The predicted octanol–water partition coefficient (Wildman–Crippen LogP) is 5.72. The van der Waals surface area contributed by atoms with Gasteiger partial charge in [-0.2, -0.15) is 8.78 Å². The highest BCUT2D eigenvalue weighted by Crippen LogP contribution is 2.44. The Labute approximate surface area is 165 Å². The third-order valence-corrected chi connectivity index (χ3v) is 5.56. The van der Waals surface area contributed by atoms with Crippen LogP contribution < -0.4 is 10.1 Å². The van der Waals surface area contributed by atoms with Crippen LogP contribution >= 0.6 is 0 Å². The molecule has 1 N–H and O–H groups in total. The second-order valence-electron chi connectivity index (χ2n) is 7.89. The van der Waals surface area contributed by atoms with Crippen molar-refractivity contribution in [3.8, 4) is 5.75 Å². The number of anilines is 1. The molecule has 0 radical (unpaired) electrons. The fraction of sp³-hybridized carbons (Fsp3) is 0.381. The number of benzene rings is 2. The van der Waals surface area contributed by atoms with Crippen molar-refractivity contribution in [3.05, 3.63) is 58.9 Å². The van der Waals surface area contributed by atoms with Gasteiger partial charge in [0.1, 0.15) is 0 Å². The van der Waals surface area contributed by atoms with Gasteiger partial charge < -0.3 is 10.1 Å². The summed E-state index contributed by atoms with van der Waals surface area (Å²) in [6.07, 6.45) is -0.326. The zero-order valence-corrected chi connectivity index (χ0v) is 16.7. The first kappa shape index (κ1) is 22.6. The first-order valence-corrected chi connectivity index (χ1v) is 8.84. The van der Waals surface area contributed by atoms with Gasteiger partial charge in [0, 0.05) is 12.7 Å². The number of esters is 1. The summed E-state index contributed by atoms with van der Waals surface area (Å²) < 4.78 is 71.8. The molecule has 29 heavy (non-hydrogen) atoms. The van der Waals surface area contributed by atoms with E-state index in [2.05, 4.69) is 10.1 Å². The quantitative estimate of drug-likeness (QED) is 0.216. The molecule has 0 fully saturated rings. The standard InChI is InChI=1S/C21H22F5NO2/c1-20(2,21(3,4)11-6-8-12(27-5)9-7-11)10-13(28)29-19-17(25)15(23)14(22)16(24)18(19)26/h6-9,27H,10H2,1-5H3. The molecule has 158 valence electrons. The summed E-state index contributed by atoms with van der Waals surface area (Å²) in [6.45, 7) is 7.26. The van der Waals surface area contributed by atoms with Gasteiger partial charge in [-0.1, -0.05) is 39.8 Å². The van der Waals surface area contributed by atoms with E-state index in [1.807, 2.05) is 38.1 Å². The summed E-state index contributed by atoms with van der Waals surface area (Å²) in [4.78, 5) is 12.3. The Balaban J connectivity index is 2.27. The summed E-state index contributed by atoms with van der Waals surface area (Å²) >= 11 is 0. The zero-order valence-electron chi connectivity index (χ0n) is 16.7. The number of hydrogen-bond acceptors (Lipinski definition) is 3. The lowest BCUT2D eigenvalue weighted by Crippen LogP contribution is -2.39. The molecule has 2 rings (SSSR count). The van der Waals surface area contributed by atoms with E-state index >= 15 is 0 Å². The molecule has 0 saturated carbocycles. The molecule has 0 aliphatic rings. The highest BCUT2D eigenvalue weighted by atomic mass is 19.2. The topological polar surface area (TPSA) is 38.3 Å². The lowest BCUT2D eigenvalue weighted by atomic mass is 9.62. The lowest BCUT2D eigenvalue weighted by Gasteiger charge is -2.41. The van der Waals surface area contributed by atoms with Gasteiger partial charge >= 0.3 is 5.97 Å². The number of halogens is 5. The fourth-order valence-corrected chi connectivity index (χ4v) is 2.85. The van der Waals surface area contributed by atoms with E-state index in [4.69, 9.17) is 0 Å². The highest BCUT2D eigenvalue weighted by Gasteiger charge is 2.41. The van der Waals surface area contributed by atoms with E-state index in [1.165, 1.54) is 0 Å². The van der Waals surface area contributed by atoms with Crippen molar-refractivity contribution in [3.63, 3.8) is 0 Å². The number of rotatable bonds is 6. The van der Waals surface area contributed by atoms with Crippen molar-refractivity contribution >= 4 is 11.7 Å². The van der Waals surface area contributed by atoms with Gasteiger partial charge in [0.25, 0.3) is 0 Å². The average Bonchev–Trinajstić information content (AvgIpc) is 2.67. The molecule has 3 nitrogen and oxygen atoms in total. The van der Waals surface area contributed by atoms with Crippen LogP contribution in [0.4, 0.5) is 27.6 Å². The number of hydrogen-bond donors (Lipinski definition) is 1. The highest BCUT2D eigenvalue weighted by molar-refractivity contribution is 5.73. The molecule has 0 atom stereocenters. The number of ether oxygens (including phenoxy) is 1. The van der Waals surface area contributed by atoms with Gasteiger partial charge in [-0.25, -0.2) is 13.2 Å². The molecule has 0 amide bonds. The Hall–Kier alpha value is -2.64. The maximum absolute atomic E-state index is 13.8. The van der Waals surface area contributed by atoms with E-state index in [9.17, 15) is 26.7 Å². The summed E-state index contributed by atoms with van der Waals surface area (Å²) in [5, 5.41) is 2.99. The van der Waals surface area contributed by atoms with Crippen LogP contribution in [-0.2, 0) is 10.2 Å². The maximum atomic E-state index is 13.8. The van der Waals surface area contributed by atoms with E-state index < -0.39 is 51.6 Å². The molecule has 0 bridgehead atoms. The van der Waals surface area contributed by atoms with Crippen LogP contribution in [0.1, 0.15) is 39.7 Å². The van der Waals surface area contributed by atoms with Crippen LogP contribution in [0, 0.1) is 34.5 Å². The van der Waals surface area contributed by atoms with Gasteiger partial charge in [0.2, 0.25) is 34.8 Å². The summed E-state index contributed by atoms with van der Waals surface area (Å²) in [5.41, 5.74) is 0.419. The maximum Gasteiger partial charge on any atom is 0.311 e. The predicted molar refractivity (Wildman–Crippen MR) is 99.3 cm³/mol. The third-order valence-electron chi connectivity index (χ3n) is 5.56. The van der Waals surface area contributed by atoms with Crippen molar-refractivity contribution in [2.45, 2.75) is 39.5 Å². The minimum atomic E-state index is -2.31. The lowest BCUT2D eigenvalue weighted by molar-refractivity contribution is -0.138. The molecule has 0 aliphatic heterocycles. The minimum Gasteiger partial charge on any atom is -0.420 e. The Kier molecular flexibility index (Phi) is 6.25. The molecule has 2 aromatic carbocycles. The summed E-state index contributed by atoms with van der Waals surface area (Å²) in [5.74, 6) is -13.7. The first-order valence-electron chi connectivity index (χ1n) is 8.84. The first-order chi connectivity index (χ1) is 13.3. The number of carbonyl (C=O) groups excluding carboxylic acids is 1. The van der Waals surface area contributed by atoms with Crippen LogP contribution in [0.15, 0.2) is 24.3 Å². The molecule has 0 saturated heterocycles. The van der Waals surface area contributed by atoms with E-state index in [1.54, 1.807) is 20.9 Å². The normalized spacial score (nSPS) is 12.1. The Morgan fingerprint density at radius 2 is 1.31 bits per heavy atom. The molecular weight excluding hydrogens is 393 g/mol. The molecule has 0 aliphatic carbocycles. The van der Waals surface area contributed by atoms with Gasteiger partial charge in [0.05, 0.1) is 6.42 Å².